The number of rotatable bonds is 5. The Morgan fingerprint density at radius 1 is 1.33 bits per heavy atom. The van der Waals surface area contributed by atoms with E-state index in [1.165, 1.54) is 19.3 Å². The molecule has 2 aliphatic rings. The van der Waals surface area contributed by atoms with Crippen molar-refractivity contribution in [2.24, 2.45) is 11.3 Å². The fourth-order valence-corrected chi connectivity index (χ4v) is 3.64. The molecule has 1 aliphatic carbocycles. The highest BCUT2D eigenvalue weighted by Crippen LogP contribution is 2.35. The van der Waals surface area contributed by atoms with E-state index in [9.17, 15) is 14.7 Å². The SMILES string of the molecule is CCCC1(C(=O)O)CCCN(C(=O)N(C)CC2CCC2)C1. The van der Waals surface area contributed by atoms with Gasteiger partial charge in [-0.15, -0.1) is 0 Å². The maximum atomic E-state index is 12.5. The van der Waals surface area contributed by atoms with E-state index in [4.69, 9.17) is 0 Å². The summed E-state index contributed by atoms with van der Waals surface area (Å²) in [7, 11) is 1.84. The number of carbonyl (C=O) groups excluding carboxylic acids is 1. The van der Waals surface area contributed by atoms with Crippen LogP contribution in [0.15, 0.2) is 0 Å². The lowest BCUT2D eigenvalue weighted by Crippen LogP contribution is -2.53. The van der Waals surface area contributed by atoms with Gasteiger partial charge in [-0.25, -0.2) is 4.79 Å². The zero-order valence-corrected chi connectivity index (χ0v) is 13.3. The molecule has 0 bridgehead atoms. The molecule has 5 heteroatoms. The van der Waals surface area contributed by atoms with Gasteiger partial charge in [0.15, 0.2) is 0 Å². The number of hydrogen-bond acceptors (Lipinski definition) is 2. The van der Waals surface area contributed by atoms with E-state index >= 15 is 0 Å². The number of piperidine rings is 1. The van der Waals surface area contributed by atoms with Crippen LogP contribution in [0.25, 0.3) is 0 Å². The molecule has 120 valence electrons. The molecule has 1 aliphatic heterocycles. The highest BCUT2D eigenvalue weighted by molar-refractivity contribution is 5.78. The van der Waals surface area contributed by atoms with Gasteiger partial charge >= 0.3 is 12.0 Å². The van der Waals surface area contributed by atoms with Crippen LogP contribution in [0.3, 0.4) is 0 Å². The zero-order chi connectivity index (χ0) is 15.5. The number of carboxylic acid groups (broad SMARTS) is 1. The molecule has 0 spiro atoms. The maximum Gasteiger partial charge on any atom is 0.319 e. The Balaban J connectivity index is 1.98. The van der Waals surface area contributed by atoms with Crippen LogP contribution in [0.5, 0.6) is 0 Å². The van der Waals surface area contributed by atoms with Gasteiger partial charge in [0.25, 0.3) is 0 Å². The third-order valence-electron chi connectivity index (χ3n) is 5.11. The van der Waals surface area contributed by atoms with Gasteiger partial charge in [0.05, 0.1) is 5.41 Å². The first-order chi connectivity index (χ1) is 9.98. The quantitative estimate of drug-likeness (QED) is 0.848. The summed E-state index contributed by atoms with van der Waals surface area (Å²) in [5.74, 6) is -0.105. The molecule has 5 nitrogen and oxygen atoms in total. The first-order valence-electron chi connectivity index (χ1n) is 8.22. The molecule has 0 aromatic heterocycles. The van der Waals surface area contributed by atoms with Crippen LogP contribution >= 0.6 is 0 Å². The second kappa shape index (κ2) is 6.67. The van der Waals surface area contributed by atoms with Gasteiger partial charge in [0, 0.05) is 26.7 Å². The monoisotopic (exact) mass is 296 g/mol. The van der Waals surface area contributed by atoms with Crippen LogP contribution < -0.4 is 0 Å². The fourth-order valence-electron chi connectivity index (χ4n) is 3.64. The Kier molecular flexibility index (Phi) is 5.12. The van der Waals surface area contributed by atoms with E-state index in [-0.39, 0.29) is 6.03 Å². The fraction of sp³-hybridized carbons (Fsp3) is 0.875. The number of carbonyl (C=O) groups is 2. The van der Waals surface area contributed by atoms with Crippen LogP contribution in [-0.2, 0) is 4.79 Å². The predicted molar refractivity (Wildman–Crippen MR) is 81.2 cm³/mol. The Labute approximate surface area is 127 Å². The van der Waals surface area contributed by atoms with Crippen LogP contribution in [0.4, 0.5) is 4.79 Å². The van der Waals surface area contributed by atoms with Gasteiger partial charge < -0.3 is 14.9 Å². The molecule has 0 aromatic rings. The molecule has 0 radical (unpaired) electrons. The lowest BCUT2D eigenvalue weighted by atomic mass is 9.76. The van der Waals surface area contributed by atoms with Gasteiger partial charge in [-0.05, 0) is 38.0 Å². The smallest absolute Gasteiger partial charge is 0.319 e. The minimum Gasteiger partial charge on any atom is -0.481 e. The minimum atomic E-state index is -0.747. The average Bonchev–Trinajstić information content (AvgIpc) is 2.42. The summed E-state index contributed by atoms with van der Waals surface area (Å²) in [5.41, 5.74) is -0.736. The lowest BCUT2D eigenvalue weighted by molar-refractivity contribution is -0.152. The average molecular weight is 296 g/mol. The van der Waals surface area contributed by atoms with Crippen LogP contribution in [0.1, 0.15) is 51.9 Å². The summed E-state index contributed by atoms with van der Waals surface area (Å²) in [6, 6.07) is 0.00308. The van der Waals surface area contributed by atoms with Crippen LogP contribution in [-0.4, -0.2) is 53.6 Å². The Bertz CT molecular complexity index is 391. The summed E-state index contributed by atoms with van der Waals surface area (Å²) in [6.07, 6.45) is 6.67. The Morgan fingerprint density at radius 3 is 2.57 bits per heavy atom. The standard InChI is InChI=1S/C16H28N2O3/c1-3-8-16(14(19)20)9-5-10-18(12-16)15(21)17(2)11-13-6-4-7-13/h13H,3-12H2,1-2H3,(H,19,20). The van der Waals surface area contributed by atoms with E-state index in [1.807, 2.05) is 14.0 Å². The van der Waals surface area contributed by atoms with Crippen molar-refractivity contribution in [2.45, 2.75) is 51.9 Å². The van der Waals surface area contributed by atoms with E-state index in [2.05, 4.69) is 0 Å². The van der Waals surface area contributed by atoms with Crippen molar-refractivity contribution in [3.63, 3.8) is 0 Å². The van der Waals surface area contributed by atoms with Crippen molar-refractivity contribution >= 4 is 12.0 Å². The highest BCUT2D eigenvalue weighted by Gasteiger charge is 2.43. The Hall–Kier alpha value is -1.26. The third-order valence-corrected chi connectivity index (χ3v) is 5.11. The third kappa shape index (κ3) is 3.50. The minimum absolute atomic E-state index is 0.00308. The molecule has 1 saturated carbocycles. The molecule has 1 N–H and O–H groups in total. The number of amides is 2. The van der Waals surface area contributed by atoms with Gasteiger partial charge in [-0.1, -0.05) is 19.8 Å². The maximum absolute atomic E-state index is 12.5. The van der Waals surface area contributed by atoms with Crippen molar-refractivity contribution < 1.29 is 14.7 Å². The van der Waals surface area contributed by atoms with Crippen LogP contribution in [0.2, 0.25) is 0 Å². The largest absolute Gasteiger partial charge is 0.481 e. The number of urea groups is 1. The topological polar surface area (TPSA) is 60.9 Å². The van der Waals surface area contributed by atoms with Gasteiger partial charge in [0.1, 0.15) is 0 Å². The lowest BCUT2D eigenvalue weighted by Gasteiger charge is -2.42. The van der Waals surface area contributed by atoms with Gasteiger partial charge in [-0.2, -0.15) is 0 Å². The molecule has 2 fully saturated rings. The molecular formula is C16H28N2O3. The highest BCUT2D eigenvalue weighted by atomic mass is 16.4. The molecule has 21 heavy (non-hydrogen) atoms. The molecule has 1 heterocycles. The number of carboxylic acids is 1. The van der Waals surface area contributed by atoms with Crippen molar-refractivity contribution in [1.82, 2.24) is 9.80 Å². The molecule has 0 aromatic carbocycles. The molecule has 1 saturated heterocycles. The van der Waals surface area contributed by atoms with E-state index in [0.29, 0.717) is 31.8 Å². The summed E-state index contributed by atoms with van der Waals surface area (Å²) >= 11 is 0. The number of nitrogens with zero attached hydrogens (tertiary/aromatic N) is 2. The Morgan fingerprint density at radius 2 is 2.05 bits per heavy atom. The van der Waals surface area contributed by atoms with Gasteiger partial charge in [0.2, 0.25) is 0 Å². The number of aliphatic carboxylic acids is 1. The summed E-state index contributed by atoms with van der Waals surface area (Å²) in [5, 5.41) is 9.60. The van der Waals surface area contributed by atoms with Crippen molar-refractivity contribution in [3.05, 3.63) is 0 Å². The molecule has 1 atom stereocenters. The summed E-state index contributed by atoms with van der Waals surface area (Å²) in [4.78, 5) is 27.8. The number of hydrogen-bond donors (Lipinski definition) is 1. The van der Waals surface area contributed by atoms with Gasteiger partial charge in [-0.3, -0.25) is 4.79 Å². The molecule has 1 unspecified atom stereocenters. The first-order valence-corrected chi connectivity index (χ1v) is 8.22. The second-order valence-electron chi connectivity index (χ2n) is 6.82. The summed E-state index contributed by atoms with van der Waals surface area (Å²) in [6.45, 7) is 3.87. The van der Waals surface area contributed by atoms with Crippen LogP contribution in [0, 0.1) is 11.3 Å². The number of likely N-dealkylation sites (tertiary alicyclic amines) is 1. The summed E-state index contributed by atoms with van der Waals surface area (Å²) < 4.78 is 0. The molecule has 2 rings (SSSR count). The molecule has 2 amide bonds. The molecular weight excluding hydrogens is 268 g/mol. The van der Waals surface area contributed by atoms with E-state index in [1.54, 1.807) is 9.80 Å². The normalized spacial score (nSPS) is 26.3. The van der Waals surface area contributed by atoms with E-state index < -0.39 is 11.4 Å². The second-order valence-corrected chi connectivity index (χ2v) is 6.82. The van der Waals surface area contributed by atoms with Crippen molar-refractivity contribution in [3.8, 4) is 0 Å². The van der Waals surface area contributed by atoms with Crippen molar-refractivity contribution in [1.29, 1.82) is 0 Å². The first kappa shape index (κ1) is 16.1. The zero-order valence-electron chi connectivity index (χ0n) is 13.3. The van der Waals surface area contributed by atoms with Crippen molar-refractivity contribution in [2.75, 3.05) is 26.7 Å². The predicted octanol–water partition coefficient (Wildman–Crippen LogP) is 2.81. The van der Waals surface area contributed by atoms with E-state index in [0.717, 1.165) is 19.4 Å².